The average molecular weight is 380 g/mol. The number of benzene rings is 1. The summed E-state index contributed by atoms with van der Waals surface area (Å²) < 4.78 is 45.6. The maximum atomic E-state index is 13.0. The van der Waals surface area contributed by atoms with Crippen LogP contribution in [0.5, 0.6) is 0 Å². The molecule has 0 saturated carbocycles. The van der Waals surface area contributed by atoms with Gasteiger partial charge in [0.25, 0.3) is 5.91 Å². The van der Waals surface area contributed by atoms with Crippen molar-refractivity contribution >= 4 is 11.6 Å². The van der Waals surface area contributed by atoms with Crippen LogP contribution in [0, 0.1) is 0 Å². The number of furan rings is 1. The van der Waals surface area contributed by atoms with Crippen molar-refractivity contribution in [2.45, 2.75) is 19.1 Å². The first-order valence-electron chi connectivity index (χ1n) is 8.07. The second kappa shape index (κ2) is 7.62. The number of nitrogens with zero attached hydrogens (tertiary/aromatic N) is 3. The second-order valence-electron chi connectivity index (χ2n) is 5.86. The van der Waals surface area contributed by atoms with Crippen molar-refractivity contribution in [3.8, 4) is 5.69 Å². The van der Waals surface area contributed by atoms with Gasteiger partial charge in [-0.25, -0.2) is 9.67 Å². The van der Waals surface area contributed by atoms with E-state index in [1.165, 1.54) is 29.7 Å². The van der Waals surface area contributed by atoms with E-state index in [0.29, 0.717) is 5.76 Å². The molecule has 0 fully saturated rings. The van der Waals surface area contributed by atoms with E-state index in [-0.39, 0.29) is 24.0 Å². The number of carbonyl (C=O) groups excluding carboxylic acids is 1. The zero-order valence-electron chi connectivity index (χ0n) is 14.3. The van der Waals surface area contributed by atoms with Gasteiger partial charge in [0.05, 0.1) is 23.2 Å². The van der Waals surface area contributed by atoms with Crippen LogP contribution in [0.15, 0.2) is 53.7 Å². The zero-order chi connectivity index (χ0) is 19.4. The summed E-state index contributed by atoms with van der Waals surface area (Å²) in [5, 5.41) is 8.15. The van der Waals surface area contributed by atoms with Gasteiger partial charge in [-0.3, -0.25) is 4.79 Å². The molecule has 0 radical (unpaired) electrons. The van der Waals surface area contributed by atoms with Crippen LogP contribution < -0.4 is 10.6 Å². The molecule has 3 aromatic rings. The summed E-state index contributed by atoms with van der Waals surface area (Å²) in [6.07, 6.45) is -0.404. The molecule has 3 N–H and O–H groups in total. The smallest absolute Gasteiger partial charge is 0.416 e. The van der Waals surface area contributed by atoms with E-state index in [9.17, 15) is 18.0 Å². The lowest BCUT2D eigenvalue weighted by Gasteiger charge is -2.14. The van der Waals surface area contributed by atoms with Crippen molar-refractivity contribution in [1.29, 1.82) is 0 Å². The number of aromatic nitrogens is 3. The Morgan fingerprint density at radius 1 is 1.37 bits per heavy atom. The Hall–Kier alpha value is -3.14. The molecule has 3 rings (SSSR count). The normalized spacial score (nSPS) is 12.7. The van der Waals surface area contributed by atoms with E-state index in [2.05, 4.69) is 15.4 Å². The fourth-order valence-electron chi connectivity index (χ4n) is 2.50. The summed E-state index contributed by atoms with van der Waals surface area (Å²) in [6.45, 7) is 1.87. The molecule has 142 valence electrons. The number of hydrogen-bond acceptors (Lipinski definition) is 4. The van der Waals surface area contributed by atoms with Crippen LogP contribution in [0.2, 0.25) is 0 Å². The fourth-order valence-corrected chi connectivity index (χ4v) is 2.50. The standard InChI is InChI=1S/C17H16F3N5O2/c1-11(15-3-2-6-27-15)22-8-16(26)24-13-7-12(17(18,19)20)4-5-14(13)25-10-21-9-23-25/h2-7,9-11,22H,8H2,1H3,(H,24,26)/p+1/t11-/m1/s1. The summed E-state index contributed by atoms with van der Waals surface area (Å²) in [6, 6.07) is 6.47. The van der Waals surface area contributed by atoms with E-state index < -0.39 is 17.6 Å². The summed E-state index contributed by atoms with van der Waals surface area (Å²) in [5.74, 6) is 0.249. The third-order valence-electron chi connectivity index (χ3n) is 3.91. The Bertz CT molecular complexity index is 892. The number of alkyl halides is 3. The highest BCUT2D eigenvalue weighted by atomic mass is 19.4. The van der Waals surface area contributed by atoms with E-state index in [1.54, 1.807) is 17.4 Å². The largest absolute Gasteiger partial charge is 0.463 e. The van der Waals surface area contributed by atoms with E-state index >= 15 is 0 Å². The molecule has 10 heteroatoms. The minimum atomic E-state index is -4.53. The molecule has 1 atom stereocenters. The molecular weight excluding hydrogens is 363 g/mol. The van der Waals surface area contributed by atoms with Crippen molar-refractivity contribution in [1.82, 2.24) is 14.8 Å². The van der Waals surface area contributed by atoms with Gasteiger partial charge in [-0.1, -0.05) is 0 Å². The molecule has 2 heterocycles. The number of hydrogen-bond donors (Lipinski definition) is 2. The first kappa shape index (κ1) is 18.6. The molecule has 1 amide bonds. The number of carbonyl (C=O) groups is 1. The first-order chi connectivity index (χ1) is 12.8. The predicted octanol–water partition coefficient (Wildman–Crippen LogP) is 2.14. The lowest BCUT2D eigenvalue weighted by atomic mass is 10.1. The van der Waals surface area contributed by atoms with Gasteiger partial charge < -0.3 is 15.1 Å². The minimum Gasteiger partial charge on any atom is -0.463 e. The Morgan fingerprint density at radius 2 is 2.19 bits per heavy atom. The van der Waals surface area contributed by atoms with Gasteiger partial charge in [-0.15, -0.1) is 0 Å². The number of rotatable bonds is 6. The SMILES string of the molecule is C[C@@H]([NH2+]CC(=O)Nc1cc(C(F)(F)F)ccc1-n1cncn1)c1ccco1. The minimum absolute atomic E-state index is 0.000577. The molecule has 1 aromatic carbocycles. The van der Waals surface area contributed by atoms with Gasteiger partial charge in [-0.05, 0) is 37.3 Å². The summed E-state index contributed by atoms with van der Waals surface area (Å²) >= 11 is 0. The van der Waals surface area contributed by atoms with E-state index in [4.69, 9.17) is 4.42 Å². The van der Waals surface area contributed by atoms with Gasteiger partial charge in [0, 0.05) is 0 Å². The number of nitrogens with one attached hydrogen (secondary N) is 1. The van der Waals surface area contributed by atoms with E-state index in [1.807, 2.05) is 6.92 Å². The number of anilines is 1. The number of quaternary nitrogens is 1. The Labute approximate surface area is 152 Å². The quantitative estimate of drug-likeness (QED) is 0.686. The summed E-state index contributed by atoms with van der Waals surface area (Å²) in [5.41, 5.74) is -0.582. The molecule has 0 spiro atoms. The van der Waals surface area contributed by atoms with Crippen LogP contribution in [0.4, 0.5) is 18.9 Å². The third kappa shape index (κ3) is 4.53. The van der Waals surface area contributed by atoms with Crippen molar-refractivity contribution in [3.63, 3.8) is 0 Å². The second-order valence-corrected chi connectivity index (χ2v) is 5.86. The van der Waals surface area contributed by atoms with Crippen molar-refractivity contribution in [2.75, 3.05) is 11.9 Å². The maximum absolute atomic E-state index is 13.0. The molecule has 0 aliphatic rings. The lowest BCUT2D eigenvalue weighted by Crippen LogP contribution is -2.86. The van der Waals surface area contributed by atoms with Crippen molar-refractivity contribution < 1.29 is 27.7 Å². The number of halogens is 3. The van der Waals surface area contributed by atoms with Gasteiger partial charge in [0.1, 0.15) is 18.7 Å². The highest BCUT2D eigenvalue weighted by Crippen LogP contribution is 2.33. The van der Waals surface area contributed by atoms with Crippen LogP contribution in [0.3, 0.4) is 0 Å². The van der Waals surface area contributed by atoms with Gasteiger partial charge in [0.2, 0.25) is 0 Å². The molecule has 27 heavy (non-hydrogen) atoms. The van der Waals surface area contributed by atoms with Crippen LogP contribution in [-0.2, 0) is 11.0 Å². The van der Waals surface area contributed by atoms with Crippen LogP contribution in [-0.4, -0.2) is 27.2 Å². The average Bonchev–Trinajstić information content (AvgIpc) is 3.32. The Balaban J connectivity index is 1.76. The van der Waals surface area contributed by atoms with E-state index in [0.717, 1.165) is 12.1 Å². The fraction of sp³-hybridized carbons (Fsp3) is 0.235. The zero-order valence-corrected chi connectivity index (χ0v) is 14.3. The Kier molecular flexibility index (Phi) is 5.26. The molecule has 0 aliphatic heterocycles. The molecule has 0 saturated heterocycles. The maximum Gasteiger partial charge on any atom is 0.416 e. The van der Waals surface area contributed by atoms with Gasteiger partial charge in [0.15, 0.2) is 12.3 Å². The first-order valence-corrected chi connectivity index (χ1v) is 8.07. The highest BCUT2D eigenvalue weighted by Gasteiger charge is 2.31. The Morgan fingerprint density at radius 3 is 2.81 bits per heavy atom. The van der Waals surface area contributed by atoms with Crippen LogP contribution in [0.25, 0.3) is 5.69 Å². The lowest BCUT2D eigenvalue weighted by molar-refractivity contribution is -0.684. The molecule has 0 aliphatic carbocycles. The monoisotopic (exact) mass is 380 g/mol. The number of amides is 1. The van der Waals surface area contributed by atoms with Gasteiger partial charge >= 0.3 is 6.18 Å². The molecule has 0 bridgehead atoms. The van der Waals surface area contributed by atoms with Gasteiger partial charge in [-0.2, -0.15) is 18.3 Å². The van der Waals surface area contributed by atoms with Crippen LogP contribution >= 0.6 is 0 Å². The van der Waals surface area contributed by atoms with Crippen LogP contribution in [0.1, 0.15) is 24.3 Å². The highest BCUT2D eigenvalue weighted by molar-refractivity contribution is 5.93. The summed E-state index contributed by atoms with van der Waals surface area (Å²) in [7, 11) is 0. The van der Waals surface area contributed by atoms with Crippen molar-refractivity contribution in [2.24, 2.45) is 0 Å². The summed E-state index contributed by atoms with van der Waals surface area (Å²) in [4.78, 5) is 16.0. The third-order valence-corrected chi connectivity index (χ3v) is 3.91. The predicted molar refractivity (Wildman–Crippen MR) is 88.9 cm³/mol. The molecule has 0 unspecified atom stereocenters. The molecule has 2 aromatic heterocycles. The number of nitrogens with two attached hydrogens (primary N) is 1. The molecular formula is C17H17F3N5O2+. The topological polar surface area (TPSA) is 89.6 Å². The van der Waals surface area contributed by atoms with Crippen molar-refractivity contribution in [3.05, 3.63) is 60.6 Å². The molecule has 7 nitrogen and oxygen atoms in total.